The van der Waals surface area contributed by atoms with E-state index in [1.54, 1.807) is 12.3 Å². The van der Waals surface area contributed by atoms with Crippen molar-refractivity contribution in [2.45, 2.75) is 32.9 Å². The Kier molecular flexibility index (Phi) is 7.23. The molecule has 2 atom stereocenters. The van der Waals surface area contributed by atoms with Gasteiger partial charge in [-0.25, -0.2) is 4.98 Å². The van der Waals surface area contributed by atoms with Crippen molar-refractivity contribution in [2.24, 2.45) is 5.73 Å². The van der Waals surface area contributed by atoms with E-state index in [0.29, 0.717) is 37.7 Å². The highest BCUT2D eigenvalue weighted by Gasteiger charge is 2.26. The largest absolute Gasteiger partial charge is 0.377 e. The molecule has 2 N–H and O–H groups in total. The molecule has 0 radical (unpaired) electrons. The Morgan fingerprint density at radius 2 is 1.82 bits per heavy atom. The number of morpholine rings is 2. The van der Waals surface area contributed by atoms with Crippen LogP contribution in [0.2, 0.25) is 0 Å². The van der Waals surface area contributed by atoms with Gasteiger partial charge in [-0.1, -0.05) is 12.7 Å². The minimum atomic E-state index is -0.552. The van der Waals surface area contributed by atoms with Gasteiger partial charge in [0.2, 0.25) is 5.95 Å². The van der Waals surface area contributed by atoms with Gasteiger partial charge in [0.25, 0.3) is 5.91 Å². The lowest BCUT2D eigenvalue weighted by atomic mass is 10.1. The van der Waals surface area contributed by atoms with Crippen LogP contribution in [0.25, 0.3) is 18.2 Å². The van der Waals surface area contributed by atoms with Gasteiger partial charge >= 0.3 is 0 Å². The van der Waals surface area contributed by atoms with Gasteiger partial charge in [0.1, 0.15) is 11.5 Å². The second-order valence-electron chi connectivity index (χ2n) is 8.75. The average molecular weight is 465 g/mol. The van der Waals surface area contributed by atoms with E-state index in [1.165, 1.54) is 0 Å². The molecule has 4 heterocycles. The fourth-order valence-electron chi connectivity index (χ4n) is 4.19. The summed E-state index contributed by atoms with van der Waals surface area (Å²) in [7, 11) is 0. The molecule has 2 aromatic rings. The fraction of sp³-hybridized carbons (Fsp3) is 0.440. The minimum Gasteiger partial charge on any atom is -0.377 e. The van der Waals surface area contributed by atoms with E-state index in [1.807, 2.05) is 25.1 Å². The molecule has 2 aromatic heterocycles. The van der Waals surface area contributed by atoms with Gasteiger partial charge in [-0.05, 0) is 50.1 Å². The molecular weight excluding hydrogens is 432 g/mol. The molecule has 2 aliphatic heterocycles. The summed E-state index contributed by atoms with van der Waals surface area (Å²) in [6.07, 6.45) is 5.56. The third-order valence-electron chi connectivity index (χ3n) is 6.22. The predicted molar refractivity (Wildman–Crippen MR) is 133 cm³/mol. The summed E-state index contributed by atoms with van der Waals surface area (Å²) in [6.45, 7) is 14.6. The molecule has 2 fully saturated rings. The topological polar surface area (TPSA) is 107 Å². The SMILES string of the molecule is C=c1nc(N2CCOC[C@@H]2C)nc(N2CCOC[C@@H]2C)/c1=C/C=C(\C)c1ccnc(C(N)=O)c1. The van der Waals surface area contributed by atoms with E-state index in [0.717, 1.165) is 35.3 Å². The molecule has 0 unspecified atom stereocenters. The number of carbonyl (C=O) groups excluding carboxylic acids is 1. The molecule has 4 rings (SSSR count). The van der Waals surface area contributed by atoms with Gasteiger partial charge in [0.05, 0.1) is 43.9 Å². The van der Waals surface area contributed by atoms with E-state index in [9.17, 15) is 4.79 Å². The van der Waals surface area contributed by atoms with E-state index in [4.69, 9.17) is 25.2 Å². The first-order valence-electron chi connectivity index (χ1n) is 11.6. The van der Waals surface area contributed by atoms with E-state index in [2.05, 4.69) is 35.2 Å². The highest BCUT2D eigenvalue weighted by Crippen LogP contribution is 2.19. The van der Waals surface area contributed by atoms with Crippen LogP contribution in [-0.4, -0.2) is 72.5 Å². The van der Waals surface area contributed by atoms with Gasteiger partial charge < -0.3 is 25.0 Å². The van der Waals surface area contributed by atoms with E-state index in [-0.39, 0.29) is 17.8 Å². The van der Waals surface area contributed by atoms with E-state index < -0.39 is 5.91 Å². The summed E-state index contributed by atoms with van der Waals surface area (Å²) in [5, 5.41) is 1.52. The van der Waals surface area contributed by atoms with Crippen LogP contribution < -0.4 is 26.1 Å². The lowest BCUT2D eigenvalue weighted by Crippen LogP contribution is -2.50. The zero-order valence-corrected chi connectivity index (χ0v) is 20.0. The number of ether oxygens (including phenoxy) is 2. The van der Waals surface area contributed by atoms with Crippen LogP contribution in [0, 0.1) is 0 Å². The molecule has 1 amide bonds. The summed E-state index contributed by atoms with van der Waals surface area (Å²) in [5.74, 6) is 0.970. The number of anilines is 2. The maximum atomic E-state index is 11.5. The van der Waals surface area contributed by atoms with Crippen molar-refractivity contribution in [2.75, 3.05) is 49.3 Å². The van der Waals surface area contributed by atoms with Crippen molar-refractivity contribution in [3.05, 3.63) is 46.2 Å². The number of pyridine rings is 1. The second-order valence-corrected chi connectivity index (χ2v) is 8.75. The molecule has 0 saturated carbocycles. The number of allylic oxidation sites excluding steroid dienone is 2. The van der Waals surface area contributed by atoms with Gasteiger partial charge in [-0.15, -0.1) is 0 Å². The number of hydrogen-bond donors (Lipinski definition) is 1. The monoisotopic (exact) mass is 464 g/mol. The van der Waals surface area contributed by atoms with E-state index >= 15 is 0 Å². The molecule has 0 aliphatic carbocycles. The number of hydrogen-bond acceptors (Lipinski definition) is 8. The zero-order chi connectivity index (χ0) is 24.2. The maximum Gasteiger partial charge on any atom is 0.267 e. The van der Waals surface area contributed by atoms with Gasteiger partial charge in [0.15, 0.2) is 0 Å². The van der Waals surface area contributed by atoms with Crippen LogP contribution in [-0.2, 0) is 9.47 Å². The molecule has 34 heavy (non-hydrogen) atoms. The van der Waals surface area contributed by atoms with Crippen LogP contribution in [0.1, 0.15) is 36.8 Å². The molecule has 0 aromatic carbocycles. The molecule has 2 saturated heterocycles. The average Bonchev–Trinajstić information content (AvgIpc) is 2.83. The molecule has 2 aliphatic rings. The van der Waals surface area contributed by atoms with Crippen molar-refractivity contribution in [1.82, 2.24) is 15.0 Å². The fourth-order valence-corrected chi connectivity index (χ4v) is 4.19. The second kappa shape index (κ2) is 10.3. The van der Waals surface area contributed by atoms with Crippen LogP contribution in [0.3, 0.4) is 0 Å². The Labute approximate surface area is 199 Å². The van der Waals surface area contributed by atoms with Crippen molar-refractivity contribution in [3.63, 3.8) is 0 Å². The molecule has 0 spiro atoms. The molecule has 9 heteroatoms. The van der Waals surface area contributed by atoms with Crippen molar-refractivity contribution >= 4 is 35.9 Å². The molecule has 180 valence electrons. The first-order chi connectivity index (χ1) is 16.3. The number of nitrogens with two attached hydrogens (primary N) is 1. The van der Waals surface area contributed by atoms with Crippen LogP contribution in [0.15, 0.2) is 24.4 Å². The quantitative estimate of drug-likeness (QED) is 0.690. The lowest BCUT2D eigenvalue weighted by Gasteiger charge is -2.36. The lowest BCUT2D eigenvalue weighted by molar-refractivity contribution is 0.0971. The standard InChI is InChI=1S/C25H32N6O3/c1-16(20-7-8-27-22(13-20)23(26)32)5-6-21-19(4)28-25(31-10-12-34-15-18(31)3)29-24(21)30-9-11-33-14-17(30)2/h5-8,13,17-18H,4,9-12,14-15H2,1-3H3,(H2,26,32)/b16-5+,21-6+/t17-,18-/m0/s1. The zero-order valence-electron chi connectivity index (χ0n) is 20.0. The Bertz CT molecular complexity index is 1200. The number of primary amides is 1. The Balaban J connectivity index is 1.80. The number of aromatic nitrogens is 3. The normalized spacial score (nSPS) is 22.2. The van der Waals surface area contributed by atoms with Crippen LogP contribution >= 0.6 is 0 Å². The van der Waals surface area contributed by atoms with Gasteiger partial charge in [-0.2, -0.15) is 4.98 Å². The van der Waals surface area contributed by atoms with Crippen molar-refractivity contribution in [1.29, 1.82) is 0 Å². The Morgan fingerprint density at radius 1 is 1.15 bits per heavy atom. The summed E-state index contributed by atoms with van der Waals surface area (Å²) < 4.78 is 11.3. The highest BCUT2D eigenvalue weighted by atomic mass is 16.5. The first kappa shape index (κ1) is 23.8. The van der Waals surface area contributed by atoms with Crippen LogP contribution in [0.4, 0.5) is 11.8 Å². The minimum absolute atomic E-state index is 0.175. The molecule has 9 nitrogen and oxygen atoms in total. The third-order valence-corrected chi connectivity index (χ3v) is 6.22. The summed E-state index contributed by atoms with van der Waals surface area (Å²) in [6, 6.07) is 3.90. The van der Waals surface area contributed by atoms with Crippen molar-refractivity contribution in [3.8, 4) is 0 Å². The van der Waals surface area contributed by atoms with Gasteiger partial charge in [0, 0.05) is 24.5 Å². The van der Waals surface area contributed by atoms with Gasteiger partial charge in [-0.3, -0.25) is 9.78 Å². The Morgan fingerprint density at radius 3 is 2.47 bits per heavy atom. The maximum absolute atomic E-state index is 11.5. The highest BCUT2D eigenvalue weighted by molar-refractivity contribution is 5.91. The predicted octanol–water partition coefficient (Wildman–Crippen LogP) is 0.715. The number of nitrogens with zero attached hydrogens (tertiary/aromatic N) is 5. The van der Waals surface area contributed by atoms with Crippen molar-refractivity contribution < 1.29 is 14.3 Å². The summed E-state index contributed by atoms with van der Waals surface area (Å²) in [4.78, 5) is 29.8. The molecular formula is C25H32N6O3. The first-order valence-corrected chi connectivity index (χ1v) is 11.6. The third kappa shape index (κ3) is 5.10. The van der Waals surface area contributed by atoms with Crippen LogP contribution in [0.5, 0.6) is 0 Å². The summed E-state index contributed by atoms with van der Waals surface area (Å²) in [5.41, 5.74) is 7.44. The molecule has 0 bridgehead atoms. The number of carbonyl (C=O) groups is 1. The smallest absolute Gasteiger partial charge is 0.267 e. The summed E-state index contributed by atoms with van der Waals surface area (Å²) >= 11 is 0. The number of rotatable bonds is 5. The number of amides is 1. The Hall–Kier alpha value is -3.30.